The van der Waals surface area contributed by atoms with Gasteiger partial charge in [0, 0.05) is 25.1 Å². The van der Waals surface area contributed by atoms with Gasteiger partial charge in [0.2, 0.25) is 0 Å². The highest BCUT2D eigenvalue weighted by molar-refractivity contribution is 5.39. The Morgan fingerprint density at radius 1 is 1.24 bits per heavy atom. The molecule has 1 atom stereocenters. The lowest BCUT2D eigenvalue weighted by Crippen LogP contribution is -2.26. The number of nitrogens with one attached hydrogen (secondary N) is 1. The molecule has 0 amide bonds. The molecule has 4 nitrogen and oxygen atoms in total. The van der Waals surface area contributed by atoms with E-state index in [0.717, 1.165) is 30.7 Å². The van der Waals surface area contributed by atoms with Gasteiger partial charge in [0.25, 0.3) is 0 Å². The summed E-state index contributed by atoms with van der Waals surface area (Å²) in [5, 5.41) is 3.62. The Morgan fingerprint density at radius 2 is 2.24 bits per heavy atom. The summed E-state index contributed by atoms with van der Waals surface area (Å²) >= 11 is 0. The van der Waals surface area contributed by atoms with Gasteiger partial charge in [-0.3, -0.25) is 4.98 Å². The van der Waals surface area contributed by atoms with Crippen molar-refractivity contribution in [2.24, 2.45) is 0 Å². The maximum Gasteiger partial charge on any atom is 0.137 e. The number of pyridine rings is 2. The molecule has 0 saturated carbocycles. The van der Waals surface area contributed by atoms with E-state index in [-0.39, 0.29) is 0 Å². The van der Waals surface area contributed by atoms with Gasteiger partial charge in [-0.1, -0.05) is 12.1 Å². The van der Waals surface area contributed by atoms with E-state index in [1.807, 2.05) is 36.7 Å². The molecule has 0 bridgehead atoms. The molecule has 3 aromatic rings. The molecule has 1 N–H and O–H groups in total. The fraction of sp³-hybridized carbons (Fsp3) is 0.294. The van der Waals surface area contributed by atoms with Crippen molar-refractivity contribution in [2.75, 3.05) is 0 Å². The zero-order chi connectivity index (χ0) is 14.1. The van der Waals surface area contributed by atoms with Crippen LogP contribution in [0, 0.1) is 0 Å². The maximum absolute atomic E-state index is 4.63. The van der Waals surface area contributed by atoms with Gasteiger partial charge in [0.05, 0.1) is 17.4 Å². The predicted octanol–water partition coefficient (Wildman–Crippen LogP) is 2.90. The van der Waals surface area contributed by atoms with Gasteiger partial charge in [-0.25, -0.2) is 4.98 Å². The molecule has 3 heterocycles. The van der Waals surface area contributed by atoms with E-state index in [1.54, 1.807) is 0 Å². The van der Waals surface area contributed by atoms with Crippen molar-refractivity contribution in [3.05, 3.63) is 65.9 Å². The Bertz CT molecular complexity index is 729. The molecular formula is C17H18N4. The first-order valence-electron chi connectivity index (χ1n) is 7.50. The minimum Gasteiger partial charge on any atom is -0.307 e. The van der Waals surface area contributed by atoms with Crippen LogP contribution in [0.1, 0.15) is 35.8 Å². The van der Waals surface area contributed by atoms with E-state index < -0.39 is 0 Å². The molecule has 1 aliphatic carbocycles. The normalized spacial score (nSPS) is 17.8. The summed E-state index contributed by atoms with van der Waals surface area (Å²) in [6, 6.07) is 10.6. The molecule has 0 fully saturated rings. The van der Waals surface area contributed by atoms with E-state index in [1.165, 1.54) is 17.7 Å². The number of aromatic nitrogens is 3. The molecule has 0 aromatic carbocycles. The standard InChI is InChI=1S/C17H18N4/c1-2-10-21-12-14(20-16(21)8-1)11-19-15-7-3-5-13-6-4-9-18-17(13)15/h1-2,4,6,8-10,12,15,19H,3,5,7,11H2/t15-/m0/s1. The lowest BCUT2D eigenvalue weighted by molar-refractivity contribution is 0.445. The summed E-state index contributed by atoms with van der Waals surface area (Å²) in [5.41, 5.74) is 4.67. The molecule has 1 aliphatic rings. The van der Waals surface area contributed by atoms with Crippen LogP contribution in [-0.4, -0.2) is 14.4 Å². The Kier molecular flexibility index (Phi) is 3.16. The molecule has 4 rings (SSSR count). The van der Waals surface area contributed by atoms with Crippen molar-refractivity contribution in [3.63, 3.8) is 0 Å². The topological polar surface area (TPSA) is 42.2 Å². The molecular weight excluding hydrogens is 260 g/mol. The number of imidazole rings is 1. The number of aryl methyl sites for hydroxylation is 1. The number of fused-ring (bicyclic) bond motifs is 2. The van der Waals surface area contributed by atoms with Gasteiger partial charge in [-0.05, 0) is 43.0 Å². The number of nitrogens with zero attached hydrogens (tertiary/aromatic N) is 3. The molecule has 106 valence electrons. The van der Waals surface area contributed by atoms with Crippen LogP contribution in [0.25, 0.3) is 5.65 Å². The van der Waals surface area contributed by atoms with Gasteiger partial charge in [-0.15, -0.1) is 0 Å². The molecule has 0 radical (unpaired) electrons. The van der Waals surface area contributed by atoms with E-state index in [0.29, 0.717) is 6.04 Å². The maximum atomic E-state index is 4.63. The minimum absolute atomic E-state index is 0.347. The zero-order valence-electron chi connectivity index (χ0n) is 11.9. The zero-order valence-corrected chi connectivity index (χ0v) is 11.9. The second-order valence-electron chi connectivity index (χ2n) is 5.57. The summed E-state index contributed by atoms with van der Waals surface area (Å²) in [6.07, 6.45) is 9.53. The quantitative estimate of drug-likeness (QED) is 0.801. The summed E-state index contributed by atoms with van der Waals surface area (Å²) in [6.45, 7) is 0.780. The minimum atomic E-state index is 0.347. The summed E-state index contributed by atoms with van der Waals surface area (Å²) < 4.78 is 2.06. The molecule has 0 saturated heterocycles. The highest BCUT2D eigenvalue weighted by atomic mass is 15.0. The lowest BCUT2D eigenvalue weighted by Gasteiger charge is -2.24. The molecule has 0 aliphatic heterocycles. The first-order chi connectivity index (χ1) is 10.4. The third-order valence-electron chi connectivity index (χ3n) is 4.14. The van der Waals surface area contributed by atoms with Crippen molar-refractivity contribution < 1.29 is 0 Å². The fourth-order valence-corrected chi connectivity index (χ4v) is 3.11. The monoisotopic (exact) mass is 278 g/mol. The van der Waals surface area contributed by atoms with Crippen LogP contribution < -0.4 is 5.32 Å². The SMILES string of the molecule is c1cnc2c(c1)CCC[C@@H]2NCc1cn2ccccc2n1. The van der Waals surface area contributed by atoms with Crippen LogP contribution in [0.3, 0.4) is 0 Å². The van der Waals surface area contributed by atoms with Crippen molar-refractivity contribution in [3.8, 4) is 0 Å². The second-order valence-corrected chi connectivity index (χ2v) is 5.57. The Morgan fingerprint density at radius 3 is 3.19 bits per heavy atom. The van der Waals surface area contributed by atoms with Crippen LogP contribution in [0.5, 0.6) is 0 Å². The van der Waals surface area contributed by atoms with Crippen LogP contribution in [0.2, 0.25) is 0 Å². The Hall–Kier alpha value is -2.20. The summed E-state index contributed by atoms with van der Waals surface area (Å²) in [7, 11) is 0. The molecule has 4 heteroatoms. The number of hydrogen-bond acceptors (Lipinski definition) is 3. The second kappa shape index (κ2) is 5.30. The Labute approximate surface area is 123 Å². The first-order valence-corrected chi connectivity index (χ1v) is 7.50. The van der Waals surface area contributed by atoms with E-state index in [2.05, 4.69) is 31.9 Å². The summed E-state index contributed by atoms with van der Waals surface area (Å²) in [4.78, 5) is 9.20. The predicted molar refractivity (Wildman–Crippen MR) is 81.9 cm³/mol. The first kappa shape index (κ1) is 12.5. The molecule has 3 aromatic heterocycles. The van der Waals surface area contributed by atoms with Gasteiger partial charge >= 0.3 is 0 Å². The van der Waals surface area contributed by atoms with Crippen LogP contribution in [-0.2, 0) is 13.0 Å². The van der Waals surface area contributed by atoms with Crippen LogP contribution >= 0.6 is 0 Å². The lowest BCUT2D eigenvalue weighted by atomic mass is 9.92. The van der Waals surface area contributed by atoms with Crippen molar-refractivity contribution in [2.45, 2.75) is 31.8 Å². The smallest absolute Gasteiger partial charge is 0.137 e. The van der Waals surface area contributed by atoms with Crippen molar-refractivity contribution >= 4 is 5.65 Å². The van der Waals surface area contributed by atoms with E-state index in [9.17, 15) is 0 Å². The molecule has 0 unspecified atom stereocenters. The fourth-order valence-electron chi connectivity index (χ4n) is 3.11. The Balaban J connectivity index is 1.52. The van der Waals surface area contributed by atoms with Crippen LogP contribution in [0.15, 0.2) is 48.9 Å². The number of rotatable bonds is 3. The van der Waals surface area contributed by atoms with E-state index in [4.69, 9.17) is 0 Å². The summed E-state index contributed by atoms with van der Waals surface area (Å²) in [5.74, 6) is 0. The molecule has 21 heavy (non-hydrogen) atoms. The molecule has 0 spiro atoms. The highest BCUT2D eigenvalue weighted by Gasteiger charge is 2.20. The highest BCUT2D eigenvalue weighted by Crippen LogP contribution is 2.27. The third kappa shape index (κ3) is 2.43. The van der Waals surface area contributed by atoms with Crippen molar-refractivity contribution in [1.82, 2.24) is 19.7 Å². The number of hydrogen-bond donors (Lipinski definition) is 1. The van der Waals surface area contributed by atoms with Gasteiger partial charge in [0.15, 0.2) is 0 Å². The third-order valence-corrected chi connectivity index (χ3v) is 4.14. The van der Waals surface area contributed by atoms with Gasteiger partial charge in [-0.2, -0.15) is 0 Å². The van der Waals surface area contributed by atoms with Gasteiger partial charge in [0.1, 0.15) is 5.65 Å². The van der Waals surface area contributed by atoms with Gasteiger partial charge < -0.3 is 9.72 Å². The average molecular weight is 278 g/mol. The van der Waals surface area contributed by atoms with Crippen molar-refractivity contribution in [1.29, 1.82) is 0 Å². The van der Waals surface area contributed by atoms with E-state index >= 15 is 0 Å². The average Bonchev–Trinajstić information content (AvgIpc) is 2.96. The largest absolute Gasteiger partial charge is 0.307 e. The van der Waals surface area contributed by atoms with Crippen LogP contribution in [0.4, 0.5) is 0 Å².